The van der Waals surface area contributed by atoms with Gasteiger partial charge in [-0.05, 0) is 12.1 Å². The second kappa shape index (κ2) is 4.84. The lowest BCUT2D eigenvalue weighted by Crippen LogP contribution is -1.92. The van der Waals surface area contributed by atoms with Gasteiger partial charge in [0.1, 0.15) is 10.9 Å². The fourth-order valence-corrected chi connectivity index (χ4v) is 2.82. The highest BCUT2D eigenvalue weighted by molar-refractivity contribution is 7.14. The van der Waals surface area contributed by atoms with Crippen LogP contribution >= 0.6 is 34.5 Å². The van der Waals surface area contributed by atoms with Crippen molar-refractivity contribution in [2.45, 2.75) is 5.88 Å². The van der Waals surface area contributed by atoms with E-state index in [0.29, 0.717) is 33.5 Å². The van der Waals surface area contributed by atoms with Crippen molar-refractivity contribution in [3.05, 3.63) is 28.2 Å². The van der Waals surface area contributed by atoms with Gasteiger partial charge < -0.3 is 14.2 Å². The van der Waals surface area contributed by atoms with Gasteiger partial charge in [0.15, 0.2) is 11.5 Å². The Kier molecular flexibility index (Phi) is 3.20. The standard InChI is InChI=1S/C11H7Cl2NO3S/c12-4-9-10(13)14-11(18-9)17-6-1-2-7-8(3-6)16-5-15-7/h1-3H,4-5H2. The van der Waals surface area contributed by atoms with Crippen LogP contribution in [-0.2, 0) is 5.88 Å². The molecule has 4 nitrogen and oxygen atoms in total. The summed E-state index contributed by atoms with van der Waals surface area (Å²) in [5, 5.41) is 0.834. The van der Waals surface area contributed by atoms with Crippen LogP contribution < -0.4 is 14.2 Å². The van der Waals surface area contributed by atoms with E-state index < -0.39 is 0 Å². The maximum Gasteiger partial charge on any atom is 0.280 e. The van der Waals surface area contributed by atoms with Gasteiger partial charge in [-0.1, -0.05) is 22.9 Å². The van der Waals surface area contributed by atoms with Crippen molar-refractivity contribution in [3.63, 3.8) is 0 Å². The zero-order chi connectivity index (χ0) is 12.5. The zero-order valence-electron chi connectivity index (χ0n) is 8.98. The molecule has 7 heteroatoms. The first kappa shape index (κ1) is 11.9. The van der Waals surface area contributed by atoms with Crippen molar-refractivity contribution in [2.24, 2.45) is 0 Å². The van der Waals surface area contributed by atoms with Crippen molar-refractivity contribution in [2.75, 3.05) is 6.79 Å². The quantitative estimate of drug-likeness (QED) is 0.802. The molecular weight excluding hydrogens is 297 g/mol. The Bertz CT molecular complexity index is 588. The molecule has 0 radical (unpaired) electrons. The SMILES string of the molecule is ClCc1sc(Oc2ccc3c(c2)OCO3)nc1Cl. The van der Waals surface area contributed by atoms with Crippen LogP contribution in [0.1, 0.15) is 4.88 Å². The third-order valence-electron chi connectivity index (χ3n) is 2.30. The van der Waals surface area contributed by atoms with E-state index in [1.54, 1.807) is 18.2 Å². The lowest BCUT2D eigenvalue weighted by Gasteiger charge is -2.02. The van der Waals surface area contributed by atoms with Gasteiger partial charge in [0, 0.05) is 6.07 Å². The molecule has 94 valence electrons. The zero-order valence-corrected chi connectivity index (χ0v) is 11.3. The van der Waals surface area contributed by atoms with Crippen molar-refractivity contribution in [3.8, 4) is 22.4 Å². The maximum absolute atomic E-state index is 5.90. The lowest BCUT2D eigenvalue weighted by atomic mass is 10.3. The lowest BCUT2D eigenvalue weighted by molar-refractivity contribution is 0.174. The summed E-state index contributed by atoms with van der Waals surface area (Å²) in [6.07, 6.45) is 0. The monoisotopic (exact) mass is 303 g/mol. The molecule has 0 amide bonds. The molecule has 0 saturated heterocycles. The van der Waals surface area contributed by atoms with E-state index in [4.69, 9.17) is 37.4 Å². The Balaban J connectivity index is 1.83. The van der Waals surface area contributed by atoms with Gasteiger partial charge in [-0.2, -0.15) is 4.98 Å². The molecule has 0 atom stereocenters. The van der Waals surface area contributed by atoms with E-state index in [1.807, 2.05) is 0 Å². The maximum atomic E-state index is 5.90. The average Bonchev–Trinajstić information content (AvgIpc) is 2.95. The number of fused-ring (bicyclic) bond motifs is 1. The summed E-state index contributed by atoms with van der Waals surface area (Å²) < 4.78 is 16.1. The number of hydrogen-bond donors (Lipinski definition) is 0. The van der Waals surface area contributed by atoms with E-state index in [1.165, 1.54) is 11.3 Å². The van der Waals surface area contributed by atoms with Crippen LogP contribution in [0.5, 0.6) is 22.4 Å². The molecule has 0 bridgehead atoms. The highest BCUT2D eigenvalue weighted by Gasteiger charge is 2.15. The predicted molar refractivity (Wildman–Crippen MR) is 69.3 cm³/mol. The van der Waals surface area contributed by atoms with Crippen LogP contribution in [0.4, 0.5) is 0 Å². The summed E-state index contributed by atoms with van der Waals surface area (Å²) in [5.74, 6) is 2.31. The number of alkyl halides is 1. The normalized spacial score (nSPS) is 12.8. The Morgan fingerprint density at radius 3 is 2.94 bits per heavy atom. The fourth-order valence-electron chi connectivity index (χ4n) is 1.48. The van der Waals surface area contributed by atoms with Crippen molar-refractivity contribution < 1.29 is 14.2 Å². The number of benzene rings is 1. The smallest absolute Gasteiger partial charge is 0.280 e. The second-order valence-corrected chi connectivity index (χ2v) is 5.12. The molecule has 0 N–H and O–H groups in total. The molecule has 1 aromatic heterocycles. The van der Waals surface area contributed by atoms with Crippen LogP contribution in [-0.4, -0.2) is 11.8 Å². The third-order valence-corrected chi connectivity index (χ3v) is 4.08. The summed E-state index contributed by atoms with van der Waals surface area (Å²) >= 11 is 12.9. The highest BCUT2D eigenvalue weighted by atomic mass is 35.5. The number of hydrogen-bond acceptors (Lipinski definition) is 5. The Morgan fingerprint density at radius 2 is 2.17 bits per heavy atom. The first-order valence-corrected chi connectivity index (χ1v) is 6.78. The van der Waals surface area contributed by atoms with E-state index in [2.05, 4.69) is 4.98 Å². The molecule has 3 rings (SSSR count). The van der Waals surface area contributed by atoms with Gasteiger partial charge in [0.2, 0.25) is 6.79 Å². The average molecular weight is 304 g/mol. The number of ether oxygens (including phenoxy) is 3. The van der Waals surface area contributed by atoms with Crippen LogP contribution in [0.3, 0.4) is 0 Å². The molecule has 2 aromatic rings. The molecule has 1 aliphatic heterocycles. The van der Waals surface area contributed by atoms with Crippen LogP contribution in [0.15, 0.2) is 18.2 Å². The molecule has 2 heterocycles. The van der Waals surface area contributed by atoms with Crippen LogP contribution in [0.2, 0.25) is 5.15 Å². The summed E-state index contributed by atoms with van der Waals surface area (Å²) in [6, 6.07) is 5.32. The Hall–Kier alpha value is -1.17. The second-order valence-electron chi connectivity index (χ2n) is 3.44. The third kappa shape index (κ3) is 2.21. The van der Waals surface area contributed by atoms with Crippen molar-refractivity contribution in [1.82, 2.24) is 4.98 Å². The fraction of sp³-hybridized carbons (Fsp3) is 0.182. The Morgan fingerprint density at radius 1 is 1.33 bits per heavy atom. The van der Waals surface area contributed by atoms with Gasteiger partial charge in [-0.15, -0.1) is 11.6 Å². The van der Waals surface area contributed by atoms with Gasteiger partial charge in [-0.25, -0.2) is 0 Å². The molecule has 0 fully saturated rings. The number of nitrogens with zero attached hydrogens (tertiary/aromatic N) is 1. The molecule has 18 heavy (non-hydrogen) atoms. The highest BCUT2D eigenvalue weighted by Crippen LogP contribution is 2.38. The van der Waals surface area contributed by atoms with Crippen molar-refractivity contribution >= 4 is 34.5 Å². The van der Waals surface area contributed by atoms with Gasteiger partial charge in [0.05, 0.1) is 10.8 Å². The van der Waals surface area contributed by atoms with E-state index in [9.17, 15) is 0 Å². The number of rotatable bonds is 3. The summed E-state index contributed by atoms with van der Waals surface area (Å²) in [5.41, 5.74) is 0. The van der Waals surface area contributed by atoms with Gasteiger partial charge in [0.25, 0.3) is 5.19 Å². The molecular formula is C11H7Cl2NO3S. The summed E-state index contributed by atoms with van der Waals surface area (Å²) in [6.45, 7) is 0.234. The largest absolute Gasteiger partial charge is 0.454 e. The minimum Gasteiger partial charge on any atom is -0.454 e. The van der Waals surface area contributed by atoms with E-state index in [0.717, 1.165) is 4.88 Å². The van der Waals surface area contributed by atoms with E-state index >= 15 is 0 Å². The molecule has 0 unspecified atom stereocenters. The van der Waals surface area contributed by atoms with E-state index in [-0.39, 0.29) is 6.79 Å². The molecule has 1 aromatic carbocycles. The van der Waals surface area contributed by atoms with Crippen LogP contribution in [0.25, 0.3) is 0 Å². The van der Waals surface area contributed by atoms with Gasteiger partial charge in [-0.3, -0.25) is 0 Å². The Labute approximate surface area is 117 Å². The number of aromatic nitrogens is 1. The predicted octanol–water partition coefficient (Wildman–Crippen LogP) is 4.06. The first-order chi connectivity index (χ1) is 8.76. The summed E-state index contributed by atoms with van der Waals surface area (Å²) in [7, 11) is 0. The number of thiazole rings is 1. The minimum atomic E-state index is 0.234. The summed E-state index contributed by atoms with van der Waals surface area (Å²) in [4.78, 5) is 4.86. The first-order valence-electron chi connectivity index (χ1n) is 5.05. The van der Waals surface area contributed by atoms with Crippen molar-refractivity contribution in [1.29, 1.82) is 0 Å². The van der Waals surface area contributed by atoms with Gasteiger partial charge >= 0.3 is 0 Å². The molecule has 0 spiro atoms. The minimum absolute atomic E-state index is 0.234. The number of halogens is 2. The topological polar surface area (TPSA) is 40.6 Å². The van der Waals surface area contributed by atoms with Crippen LogP contribution in [0, 0.1) is 0 Å². The molecule has 0 saturated carbocycles. The molecule has 1 aliphatic rings. The molecule has 0 aliphatic carbocycles.